The lowest BCUT2D eigenvalue weighted by Crippen LogP contribution is -2.15. The number of hydrogen-bond donors (Lipinski definition) is 1. The Bertz CT molecular complexity index is 573. The Kier molecular flexibility index (Phi) is 9.38. The summed E-state index contributed by atoms with van der Waals surface area (Å²) in [7, 11) is 5.74. The van der Waals surface area contributed by atoms with Crippen LogP contribution in [0.15, 0.2) is 29.2 Å². The number of aliphatic hydroxyl groups is 1. The van der Waals surface area contributed by atoms with Crippen LogP contribution in [-0.2, 0) is 9.05 Å². The van der Waals surface area contributed by atoms with E-state index in [9.17, 15) is 8.42 Å². The molecule has 1 aromatic rings. The van der Waals surface area contributed by atoms with Gasteiger partial charge in [-0.15, -0.1) is 0 Å². The molecule has 2 heterocycles. The Balaban J connectivity index is 0.000000195. The van der Waals surface area contributed by atoms with Crippen LogP contribution in [0.1, 0.15) is 25.3 Å². The molecule has 2 aliphatic heterocycles. The third-order valence-electron chi connectivity index (χ3n) is 4.30. The molecule has 2 saturated heterocycles. The largest absolute Gasteiger partial charge is 0.392 e. The number of aryl methyl sites for hydroxylation is 1. The van der Waals surface area contributed by atoms with E-state index in [0.717, 1.165) is 31.0 Å². The second kappa shape index (κ2) is 10.5. The summed E-state index contributed by atoms with van der Waals surface area (Å²) in [5.74, 6) is 0.949. The van der Waals surface area contributed by atoms with Crippen LogP contribution in [-0.4, -0.2) is 69.7 Å². The fourth-order valence-electron chi connectivity index (χ4n) is 2.77. The van der Waals surface area contributed by atoms with Crippen molar-refractivity contribution in [3.05, 3.63) is 29.8 Å². The van der Waals surface area contributed by atoms with Gasteiger partial charge in [0.1, 0.15) is 0 Å². The van der Waals surface area contributed by atoms with Gasteiger partial charge in [-0.05, 0) is 58.5 Å². The Morgan fingerprint density at radius 3 is 1.80 bits per heavy atom. The van der Waals surface area contributed by atoms with Crippen molar-refractivity contribution in [3.8, 4) is 0 Å². The van der Waals surface area contributed by atoms with Crippen LogP contribution < -0.4 is 0 Å². The number of likely N-dealkylation sites (N-methyl/N-ethyl adjacent to an activating group) is 1. The minimum atomic E-state index is -3.55. The molecule has 2 atom stereocenters. The van der Waals surface area contributed by atoms with Gasteiger partial charge in [-0.3, -0.25) is 0 Å². The zero-order valence-electron chi connectivity index (χ0n) is 15.7. The maximum absolute atomic E-state index is 10.7. The smallest absolute Gasteiger partial charge is 0.261 e. The minimum absolute atomic E-state index is 0.0509. The second-order valence-electron chi connectivity index (χ2n) is 7.11. The van der Waals surface area contributed by atoms with E-state index in [1.807, 2.05) is 14.0 Å². The molecule has 7 heteroatoms. The van der Waals surface area contributed by atoms with Crippen molar-refractivity contribution >= 4 is 19.7 Å². The third-order valence-corrected chi connectivity index (χ3v) is 5.67. The molecule has 0 bridgehead atoms. The summed E-state index contributed by atoms with van der Waals surface area (Å²) < 4.78 is 21.4. The lowest BCUT2D eigenvalue weighted by molar-refractivity contribution is 0.183. The standard InChI is InChI=1S/C7H7ClO2S.C6H13N.C5H11NO/c1-6-2-4-7(5-3-6)11(8,9)10;1-6-3-4-7(2)5-6;1-6-3-2-5(7)4-6/h2-5H,1H3;6H,3-5H2,1-2H3;5,7H,2-4H2,1H3. The van der Waals surface area contributed by atoms with E-state index in [-0.39, 0.29) is 11.0 Å². The molecule has 25 heavy (non-hydrogen) atoms. The molecule has 0 radical (unpaired) electrons. The quantitative estimate of drug-likeness (QED) is 0.747. The van der Waals surface area contributed by atoms with E-state index in [4.69, 9.17) is 15.8 Å². The van der Waals surface area contributed by atoms with Crippen molar-refractivity contribution in [2.45, 2.75) is 37.7 Å². The normalized spacial score (nSPS) is 24.2. The summed E-state index contributed by atoms with van der Waals surface area (Å²) in [6.07, 6.45) is 2.30. The highest BCUT2D eigenvalue weighted by Crippen LogP contribution is 2.14. The number of likely N-dealkylation sites (tertiary alicyclic amines) is 2. The van der Waals surface area contributed by atoms with Crippen molar-refractivity contribution in [2.75, 3.05) is 40.3 Å². The Hall–Kier alpha value is -0.660. The maximum atomic E-state index is 10.7. The van der Waals surface area contributed by atoms with E-state index in [1.54, 1.807) is 12.1 Å². The van der Waals surface area contributed by atoms with E-state index in [2.05, 4.69) is 23.8 Å². The van der Waals surface area contributed by atoms with Crippen LogP contribution in [0.5, 0.6) is 0 Å². The van der Waals surface area contributed by atoms with Gasteiger partial charge >= 0.3 is 0 Å². The van der Waals surface area contributed by atoms with Crippen molar-refractivity contribution in [2.24, 2.45) is 5.92 Å². The summed E-state index contributed by atoms with van der Waals surface area (Å²) in [4.78, 5) is 4.65. The maximum Gasteiger partial charge on any atom is 0.261 e. The lowest BCUT2D eigenvalue weighted by atomic mass is 10.2. The third kappa shape index (κ3) is 9.56. The van der Waals surface area contributed by atoms with E-state index in [0.29, 0.717) is 0 Å². The molecular weight excluding hydrogens is 360 g/mol. The van der Waals surface area contributed by atoms with Crippen LogP contribution in [0, 0.1) is 12.8 Å². The molecule has 2 aliphatic rings. The van der Waals surface area contributed by atoms with Gasteiger partial charge in [-0.2, -0.15) is 0 Å². The molecule has 0 aromatic heterocycles. The highest BCUT2D eigenvalue weighted by Gasteiger charge is 2.15. The van der Waals surface area contributed by atoms with E-state index < -0.39 is 9.05 Å². The van der Waals surface area contributed by atoms with Crippen LogP contribution in [0.3, 0.4) is 0 Å². The zero-order chi connectivity index (χ0) is 19.0. The highest BCUT2D eigenvalue weighted by atomic mass is 35.7. The molecular formula is C18H31ClN2O3S. The summed E-state index contributed by atoms with van der Waals surface area (Å²) in [5.41, 5.74) is 1.01. The summed E-state index contributed by atoms with van der Waals surface area (Å²) in [5, 5.41) is 8.86. The van der Waals surface area contributed by atoms with Gasteiger partial charge < -0.3 is 14.9 Å². The fraction of sp³-hybridized carbons (Fsp3) is 0.667. The number of benzene rings is 1. The Morgan fingerprint density at radius 1 is 1.04 bits per heavy atom. The topological polar surface area (TPSA) is 60.9 Å². The second-order valence-corrected chi connectivity index (χ2v) is 9.68. The monoisotopic (exact) mass is 390 g/mol. The van der Waals surface area contributed by atoms with Crippen LogP contribution in [0.25, 0.3) is 0 Å². The number of nitrogens with zero attached hydrogens (tertiary/aromatic N) is 2. The molecule has 1 N–H and O–H groups in total. The van der Waals surface area contributed by atoms with Gasteiger partial charge in [-0.1, -0.05) is 24.6 Å². The number of rotatable bonds is 1. The van der Waals surface area contributed by atoms with Gasteiger partial charge in [0.05, 0.1) is 11.0 Å². The first-order valence-corrected chi connectivity index (χ1v) is 11.0. The molecule has 5 nitrogen and oxygen atoms in total. The van der Waals surface area contributed by atoms with Crippen molar-refractivity contribution in [1.29, 1.82) is 0 Å². The molecule has 0 saturated carbocycles. The van der Waals surface area contributed by atoms with Crippen molar-refractivity contribution in [3.63, 3.8) is 0 Å². The molecule has 0 amide bonds. The Labute approximate surface area is 157 Å². The number of halogens is 1. The molecule has 0 spiro atoms. The van der Waals surface area contributed by atoms with Crippen molar-refractivity contribution in [1.82, 2.24) is 9.80 Å². The van der Waals surface area contributed by atoms with Crippen LogP contribution in [0.4, 0.5) is 0 Å². The predicted molar refractivity (Wildman–Crippen MR) is 104 cm³/mol. The molecule has 2 fully saturated rings. The first kappa shape index (κ1) is 22.4. The van der Waals surface area contributed by atoms with Crippen LogP contribution >= 0.6 is 10.7 Å². The first-order chi connectivity index (χ1) is 11.6. The van der Waals surface area contributed by atoms with Gasteiger partial charge in [0.15, 0.2) is 0 Å². The van der Waals surface area contributed by atoms with Gasteiger partial charge in [0, 0.05) is 30.3 Å². The number of hydrogen-bond acceptors (Lipinski definition) is 5. The van der Waals surface area contributed by atoms with Crippen molar-refractivity contribution < 1.29 is 13.5 Å². The van der Waals surface area contributed by atoms with Gasteiger partial charge in [0.2, 0.25) is 0 Å². The molecule has 1 aromatic carbocycles. The number of aliphatic hydroxyl groups excluding tert-OH is 1. The SMILES string of the molecule is CC1CCN(C)C1.CN1CCC(O)C1.Cc1ccc(S(=O)(=O)Cl)cc1. The average molecular weight is 391 g/mol. The lowest BCUT2D eigenvalue weighted by Gasteiger charge is -2.03. The van der Waals surface area contributed by atoms with E-state index >= 15 is 0 Å². The van der Waals surface area contributed by atoms with Gasteiger partial charge in [0.25, 0.3) is 9.05 Å². The van der Waals surface area contributed by atoms with E-state index in [1.165, 1.54) is 31.6 Å². The predicted octanol–water partition coefficient (Wildman–Crippen LogP) is 2.56. The minimum Gasteiger partial charge on any atom is -0.392 e. The average Bonchev–Trinajstić information content (AvgIpc) is 3.07. The fourth-order valence-corrected chi connectivity index (χ4v) is 3.54. The molecule has 0 aliphatic carbocycles. The van der Waals surface area contributed by atoms with Gasteiger partial charge in [-0.25, -0.2) is 8.42 Å². The molecule has 144 valence electrons. The Morgan fingerprint density at radius 2 is 1.56 bits per heavy atom. The molecule has 2 unspecified atom stereocenters. The summed E-state index contributed by atoms with van der Waals surface area (Å²) in [6, 6.07) is 6.37. The number of β-amino-alcohol motifs (C(OH)–C–C–N with tert-alkyl or cyclic N) is 1. The summed E-state index contributed by atoms with van der Waals surface area (Å²) >= 11 is 0. The zero-order valence-corrected chi connectivity index (χ0v) is 17.2. The van der Waals surface area contributed by atoms with Crippen LogP contribution in [0.2, 0.25) is 0 Å². The first-order valence-electron chi connectivity index (χ1n) is 8.64. The highest BCUT2D eigenvalue weighted by molar-refractivity contribution is 8.13. The molecule has 3 rings (SSSR count). The summed E-state index contributed by atoms with van der Waals surface area (Å²) in [6.45, 7) is 8.72.